The van der Waals surface area contributed by atoms with Crippen LogP contribution in [0.2, 0.25) is 0 Å². The predicted octanol–water partition coefficient (Wildman–Crippen LogP) is 4.89. The molecule has 3 rings (SSSR count). The lowest BCUT2D eigenvalue weighted by atomic mass is 10.1. The Morgan fingerprint density at radius 1 is 0.958 bits per heavy atom. The lowest BCUT2D eigenvalue weighted by Crippen LogP contribution is -1.91. The Bertz CT molecular complexity index is 829. The van der Waals surface area contributed by atoms with E-state index in [9.17, 15) is 0 Å². The minimum absolute atomic E-state index is 0.651. The summed E-state index contributed by atoms with van der Waals surface area (Å²) in [5, 5.41) is 3.01. The summed E-state index contributed by atoms with van der Waals surface area (Å²) in [6.45, 7) is 2.63. The highest BCUT2D eigenvalue weighted by Crippen LogP contribution is 2.35. The monoisotopic (exact) mass is 341 g/mol. The van der Waals surface area contributed by atoms with Crippen LogP contribution in [0.4, 0.5) is 0 Å². The molecule has 2 aromatic carbocycles. The average molecular weight is 341 g/mol. The second-order valence-electron chi connectivity index (χ2n) is 5.07. The fraction of sp³-hybridized carbons (Fsp3) is 0.211. The number of hydrogen-bond donors (Lipinski definition) is 0. The second kappa shape index (κ2) is 7.36. The minimum Gasteiger partial charge on any atom is -0.494 e. The normalized spacial score (nSPS) is 10.5. The summed E-state index contributed by atoms with van der Waals surface area (Å²) in [6.07, 6.45) is 0. The molecule has 3 aromatic rings. The second-order valence-corrected chi connectivity index (χ2v) is 5.93. The number of ether oxygens (including phenoxy) is 3. The van der Waals surface area contributed by atoms with Crippen LogP contribution in [0.1, 0.15) is 6.92 Å². The van der Waals surface area contributed by atoms with Gasteiger partial charge in [0.2, 0.25) is 0 Å². The Labute approximate surface area is 145 Å². The zero-order chi connectivity index (χ0) is 16.9. The number of hydrogen-bond acceptors (Lipinski definition) is 5. The number of thiazole rings is 1. The molecule has 0 radical (unpaired) electrons. The molecule has 4 nitrogen and oxygen atoms in total. The van der Waals surface area contributed by atoms with E-state index in [1.807, 2.05) is 54.8 Å². The first kappa shape index (κ1) is 16.3. The van der Waals surface area contributed by atoms with Gasteiger partial charge in [-0.05, 0) is 37.3 Å². The molecule has 0 bridgehead atoms. The van der Waals surface area contributed by atoms with Gasteiger partial charge in [0.25, 0.3) is 0 Å². The first-order valence-electron chi connectivity index (χ1n) is 7.66. The molecule has 0 unspecified atom stereocenters. The average Bonchev–Trinajstić information content (AvgIpc) is 3.12. The molecule has 124 valence electrons. The van der Waals surface area contributed by atoms with Crippen molar-refractivity contribution in [1.82, 2.24) is 4.98 Å². The van der Waals surface area contributed by atoms with Crippen LogP contribution in [0.5, 0.6) is 17.2 Å². The maximum absolute atomic E-state index is 5.56. The van der Waals surface area contributed by atoms with Crippen LogP contribution in [0, 0.1) is 0 Å². The summed E-state index contributed by atoms with van der Waals surface area (Å²) < 4.78 is 16.2. The predicted molar refractivity (Wildman–Crippen MR) is 97.3 cm³/mol. The lowest BCUT2D eigenvalue weighted by molar-refractivity contribution is 0.340. The number of rotatable bonds is 6. The summed E-state index contributed by atoms with van der Waals surface area (Å²) in [4.78, 5) is 4.75. The Morgan fingerprint density at radius 2 is 1.79 bits per heavy atom. The third kappa shape index (κ3) is 3.36. The number of methoxy groups -OCH3 is 2. The standard InChI is InChI=1S/C19H19NO3S/c1-4-23-15-7-5-6-14(10-15)19-20-16(12-24-19)13-8-9-17(21-2)18(11-13)22-3/h5-12H,4H2,1-3H3. The van der Waals surface area contributed by atoms with Gasteiger partial charge in [-0.2, -0.15) is 0 Å². The molecule has 0 saturated carbocycles. The summed E-state index contributed by atoms with van der Waals surface area (Å²) >= 11 is 1.61. The van der Waals surface area contributed by atoms with Gasteiger partial charge in [0.1, 0.15) is 10.8 Å². The Kier molecular flexibility index (Phi) is 5.01. The summed E-state index contributed by atoms with van der Waals surface area (Å²) in [7, 11) is 3.26. The largest absolute Gasteiger partial charge is 0.494 e. The maximum Gasteiger partial charge on any atom is 0.161 e. The molecule has 1 aromatic heterocycles. The zero-order valence-corrected chi connectivity index (χ0v) is 14.7. The third-order valence-corrected chi connectivity index (χ3v) is 4.47. The smallest absolute Gasteiger partial charge is 0.161 e. The van der Waals surface area contributed by atoms with Crippen LogP contribution in [-0.2, 0) is 0 Å². The van der Waals surface area contributed by atoms with E-state index < -0.39 is 0 Å². The van der Waals surface area contributed by atoms with Gasteiger partial charge >= 0.3 is 0 Å². The van der Waals surface area contributed by atoms with Crippen molar-refractivity contribution < 1.29 is 14.2 Å². The highest BCUT2D eigenvalue weighted by Gasteiger charge is 2.11. The van der Waals surface area contributed by atoms with Crippen molar-refractivity contribution in [3.05, 3.63) is 47.8 Å². The van der Waals surface area contributed by atoms with Crippen molar-refractivity contribution in [2.24, 2.45) is 0 Å². The summed E-state index contributed by atoms with van der Waals surface area (Å²) in [5.74, 6) is 2.27. The molecule has 0 aliphatic carbocycles. The van der Waals surface area contributed by atoms with E-state index in [0.29, 0.717) is 18.1 Å². The molecule has 0 spiro atoms. The Morgan fingerprint density at radius 3 is 2.54 bits per heavy atom. The molecule has 0 aliphatic heterocycles. The number of aromatic nitrogens is 1. The van der Waals surface area contributed by atoms with Gasteiger partial charge in [-0.15, -0.1) is 11.3 Å². The van der Waals surface area contributed by atoms with E-state index in [-0.39, 0.29) is 0 Å². The maximum atomic E-state index is 5.56. The van der Waals surface area contributed by atoms with E-state index in [4.69, 9.17) is 19.2 Å². The quantitative estimate of drug-likeness (QED) is 0.640. The topological polar surface area (TPSA) is 40.6 Å². The minimum atomic E-state index is 0.651. The van der Waals surface area contributed by atoms with Gasteiger partial charge in [-0.3, -0.25) is 0 Å². The fourth-order valence-electron chi connectivity index (χ4n) is 2.42. The molecule has 24 heavy (non-hydrogen) atoms. The van der Waals surface area contributed by atoms with Gasteiger partial charge in [0.05, 0.1) is 26.5 Å². The van der Waals surface area contributed by atoms with Gasteiger partial charge in [-0.25, -0.2) is 4.98 Å². The number of nitrogens with zero attached hydrogens (tertiary/aromatic N) is 1. The van der Waals surface area contributed by atoms with Crippen molar-refractivity contribution in [3.63, 3.8) is 0 Å². The van der Waals surface area contributed by atoms with Crippen molar-refractivity contribution in [2.75, 3.05) is 20.8 Å². The Balaban J connectivity index is 1.92. The van der Waals surface area contributed by atoms with Gasteiger partial charge in [0.15, 0.2) is 11.5 Å². The van der Waals surface area contributed by atoms with Crippen LogP contribution < -0.4 is 14.2 Å². The fourth-order valence-corrected chi connectivity index (χ4v) is 3.25. The van der Waals surface area contributed by atoms with Gasteiger partial charge in [0, 0.05) is 16.5 Å². The van der Waals surface area contributed by atoms with Gasteiger partial charge in [-0.1, -0.05) is 12.1 Å². The lowest BCUT2D eigenvalue weighted by Gasteiger charge is -2.08. The molecule has 0 N–H and O–H groups in total. The van der Waals surface area contributed by atoms with E-state index in [2.05, 4.69) is 0 Å². The highest BCUT2D eigenvalue weighted by atomic mass is 32.1. The molecule has 0 saturated heterocycles. The van der Waals surface area contributed by atoms with Crippen molar-refractivity contribution in [3.8, 4) is 39.1 Å². The SMILES string of the molecule is CCOc1cccc(-c2nc(-c3ccc(OC)c(OC)c3)cs2)c1. The van der Waals surface area contributed by atoms with Crippen LogP contribution >= 0.6 is 11.3 Å². The van der Waals surface area contributed by atoms with Crippen LogP contribution in [-0.4, -0.2) is 25.8 Å². The van der Waals surface area contributed by atoms with E-state index in [1.54, 1.807) is 25.6 Å². The van der Waals surface area contributed by atoms with Gasteiger partial charge < -0.3 is 14.2 Å². The summed E-state index contributed by atoms with van der Waals surface area (Å²) in [6, 6.07) is 13.8. The van der Waals surface area contributed by atoms with Crippen LogP contribution in [0.3, 0.4) is 0 Å². The molecule has 5 heteroatoms. The zero-order valence-electron chi connectivity index (χ0n) is 13.9. The Hall–Kier alpha value is -2.53. The van der Waals surface area contributed by atoms with E-state index in [1.165, 1.54) is 0 Å². The molecular weight excluding hydrogens is 322 g/mol. The molecular formula is C19H19NO3S. The van der Waals surface area contributed by atoms with Crippen molar-refractivity contribution in [1.29, 1.82) is 0 Å². The van der Waals surface area contributed by atoms with Crippen molar-refractivity contribution in [2.45, 2.75) is 6.92 Å². The van der Waals surface area contributed by atoms with E-state index in [0.717, 1.165) is 27.6 Å². The van der Waals surface area contributed by atoms with Crippen LogP contribution in [0.25, 0.3) is 21.8 Å². The molecule has 0 atom stereocenters. The van der Waals surface area contributed by atoms with Crippen LogP contribution in [0.15, 0.2) is 47.8 Å². The first-order chi connectivity index (χ1) is 11.7. The molecule has 1 heterocycles. The molecule has 0 fully saturated rings. The summed E-state index contributed by atoms with van der Waals surface area (Å²) in [5.41, 5.74) is 2.96. The molecule has 0 amide bonds. The van der Waals surface area contributed by atoms with E-state index >= 15 is 0 Å². The van der Waals surface area contributed by atoms with Crippen molar-refractivity contribution >= 4 is 11.3 Å². The molecule has 0 aliphatic rings. The highest BCUT2D eigenvalue weighted by molar-refractivity contribution is 7.13. The first-order valence-corrected chi connectivity index (χ1v) is 8.54. The number of benzene rings is 2. The third-order valence-electron chi connectivity index (χ3n) is 3.58.